The van der Waals surface area contributed by atoms with Crippen molar-refractivity contribution in [2.24, 2.45) is 0 Å². The van der Waals surface area contributed by atoms with Gasteiger partial charge in [-0.05, 0) is 67.6 Å². The van der Waals surface area contributed by atoms with Crippen molar-refractivity contribution < 1.29 is 19.0 Å². The third-order valence-corrected chi connectivity index (χ3v) is 8.32. The standard InChI is InChI=1S/C32H34FN3O3/c1-2-21-14-16-36-29-17-20(32(37)38)10-12-26(29)30(24-8-3-4-9-27(24)33)31(36)25-13-11-23(18-28(25)35-21)39-19-22-7-5-6-15-34-22/h5-7,10-13,15,17-18,21,24,27,35H,2-4,8-9,14,16,19H2,1H3,(H,37,38)/t21?,24?,27-/m0/s1. The molecular formula is C32H34FN3O3. The van der Waals surface area contributed by atoms with Gasteiger partial charge in [-0.1, -0.05) is 31.9 Å². The Morgan fingerprint density at radius 1 is 1.13 bits per heavy atom. The lowest BCUT2D eigenvalue weighted by molar-refractivity contribution is 0.0697. The van der Waals surface area contributed by atoms with Crippen LogP contribution >= 0.6 is 0 Å². The van der Waals surface area contributed by atoms with Gasteiger partial charge in [-0.25, -0.2) is 9.18 Å². The average molecular weight is 528 g/mol. The number of carboxylic acid groups (broad SMARTS) is 1. The summed E-state index contributed by atoms with van der Waals surface area (Å²) in [6.07, 6.45) is 5.90. The van der Waals surface area contributed by atoms with E-state index in [9.17, 15) is 9.90 Å². The number of rotatable bonds is 6. The monoisotopic (exact) mass is 527 g/mol. The summed E-state index contributed by atoms with van der Waals surface area (Å²) in [6.45, 7) is 3.26. The molecule has 6 rings (SSSR count). The molecule has 202 valence electrons. The molecule has 1 saturated carbocycles. The molecule has 0 bridgehead atoms. The highest BCUT2D eigenvalue weighted by Gasteiger charge is 2.34. The number of fused-ring (bicyclic) bond motifs is 5. The fourth-order valence-electron chi connectivity index (χ4n) is 6.28. The summed E-state index contributed by atoms with van der Waals surface area (Å²) in [6, 6.07) is 17.4. The van der Waals surface area contributed by atoms with Crippen LogP contribution in [0.4, 0.5) is 10.1 Å². The number of ether oxygens (including phenoxy) is 1. The zero-order chi connectivity index (χ0) is 26.9. The van der Waals surface area contributed by atoms with Crippen LogP contribution in [0, 0.1) is 0 Å². The van der Waals surface area contributed by atoms with Gasteiger partial charge in [0.05, 0.1) is 17.0 Å². The van der Waals surface area contributed by atoms with Crippen LogP contribution in [0.25, 0.3) is 22.2 Å². The number of hydrogen-bond donors (Lipinski definition) is 2. The number of halogens is 1. The number of carbonyl (C=O) groups is 1. The summed E-state index contributed by atoms with van der Waals surface area (Å²) >= 11 is 0. The third-order valence-electron chi connectivity index (χ3n) is 8.32. The van der Waals surface area contributed by atoms with E-state index < -0.39 is 12.1 Å². The van der Waals surface area contributed by atoms with Crippen molar-refractivity contribution >= 4 is 22.6 Å². The molecule has 4 aromatic rings. The molecule has 2 unspecified atom stereocenters. The Kier molecular flexibility index (Phi) is 6.98. The van der Waals surface area contributed by atoms with Gasteiger partial charge in [0.25, 0.3) is 0 Å². The minimum Gasteiger partial charge on any atom is -0.487 e. The predicted octanol–water partition coefficient (Wildman–Crippen LogP) is 7.57. The number of carboxylic acids is 1. The maximum Gasteiger partial charge on any atom is 0.335 e. The molecule has 7 heteroatoms. The van der Waals surface area contributed by atoms with Gasteiger partial charge in [0.2, 0.25) is 0 Å². The van der Waals surface area contributed by atoms with Crippen molar-refractivity contribution in [3.05, 3.63) is 77.6 Å². The molecule has 2 aliphatic rings. The van der Waals surface area contributed by atoms with Crippen LogP contribution in [-0.4, -0.2) is 32.8 Å². The fraction of sp³-hybridized carbons (Fsp3) is 0.375. The second kappa shape index (κ2) is 10.7. The molecule has 6 nitrogen and oxygen atoms in total. The van der Waals surface area contributed by atoms with E-state index >= 15 is 4.39 Å². The summed E-state index contributed by atoms with van der Waals surface area (Å²) in [5.41, 5.74) is 5.93. The first-order valence-electron chi connectivity index (χ1n) is 14.0. The first-order chi connectivity index (χ1) is 19.0. The van der Waals surface area contributed by atoms with Gasteiger partial charge in [-0.3, -0.25) is 4.98 Å². The lowest BCUT2D eigenvalue weighted by Gasteiger charge is -2.30. The first-order valence-corrected chi connectivity index (χ1v) is 14.0. The van der Waals surface area contributed by atoms with Gasteiger partial charge >= 0.3 is 5.97 Å². The molecule has 2 aromatic heterocycles. The normalized spacial score (nSPS) is 20.8. The van der Waals surface area contributed by atoms with E-state index in [0.29, 0.717) is 13.0 Å². The highest BCUT2D eigenvalue weighted by Crippen LogP contribution is 2.48. The lowest BCUT2D eigenvalue weighted by atomic mass is 9.80. The molecule has 1 aliphatic carbocycles. The SMILES string of the molecule is CCC1CCn2c(c(C3CCCC[C@@H]3F)c3ccc(C(=O)O)cc32)-c2ccc(OCc3ccccn3)cc2N1. The Morgan fingerprint density at radius 3 is 2.77 bits per heavy atom. The van der Waals surface area contributed by atoms with Gasteiger partial charge in [0, 0.05) is 52.9 Å². The second-order valence-electron chi connectivity index (χ2n) is 10.7. The number of aryl methyl sites for hydroxylation is 1. The number of hydrogen-bond acceptors (Lipinski definition) is 4. The van der Waals surface area contributed by atoms with Crippen molar-refractivity contribution in [3.63, 3.8) is 0 Å². The Bertz CT molecular complexity index is 1500. The van der Waals surface area contributed by atoms with E-state index in [1.165, 1.54) is 0 Å². The van der Waals surface area contributed by atoms with Gasteiger partial charge in [0.15, 0.2) is 0 Å². The molecule has 0 spiro atoms. The van der Waals surface area contributed by atoms with Crippen molar-refractivity contribution in [1.29, 1.82) is 0 Å². The molecule has 2 aromatic carbocycles. The molecule has 0 radical (unpaired) electrons. The van der Waals surface area contributed by atoms with Crippen molar-refractivity contribution in [2.75, 3.05) is 5.32 Å². The molecule has 39 heavy (non-hydrogen) atoms. The zero-order valence-corrected chi connectivity index (χ0v) is 22.2. The van der Waals surface area contributed by atoms with E-state index in [-0.39, 0.29) is 17.5 Å². The summed E-state index contributed by atoms with van der Waals surface area (Å²) < 4.78 is 23.9. The Labute approximate surface area is 227 Å². The number of nitrogens with one attached hydrogen (secondary N) is 1. The predicted molar refractivity (Wildman–Crippen MR) is 151 cm³/mol. The van der Waals surface area contributed by atoms with Crippen molar-refractivity contribution in [1.82, 2.24) is 9.55 Å². The van der Waals surface area contributed by atoms with Crippen molar-refractivity contribution in [3.8, 4) is 17.0 Å². The molecule has 1 aliphatic heterocycles. The smallest absolute Gasteiger partial charge is 0.335 e. The van der Waals surface area contributed by atoms with Gasteiger partial charge in [0.1, 0.15) is 18.5 Å². The highest BCUT2D eigenvalue weighted by atomic mass is 19.1. The fourth-order valence-corrected chi connectivity index (χ4v) is 6.28. The number of aromatic nitrogens is 2. The number of benzene rings is 2. The Hall–Kier alpha value is -3.87. The molecule has 2 N–H and O–H groups in total. The quantitative estimate of drug-likeness (QED) is 0.270. The maximum atomic E-state index is 15.6. The average Bonchev–Trinajstić information content (AvgIpc) is 3.26. The largest absolute Gasteiger partial charge is 0.487 e. The summed E-state index contributed by atoms with van der Waals surface area (Å²) in [5, 5.41) is 14.5. The van der Waals surface area contributed by atoms with E-state index in [0.717, 1.165) is 83.5 Å². The second-order valence-corrected chi connectivity index (χ2v) is 10.7. The molecule has 1 fully saturated rings. The summed E-state index contributed by atoms with van der Waals surface area (Å²) in [4.78, 5) is 16.3. The number of nitrogens with zero attached hydrogens (tertiary/aromatic N) is 2. The summed E-state index contributed by atoms with van der Waals surface area (Å²) in [7, 11) is 0. The van der Waals surface area contributed by atoms with Crippen molar-refractivity contribution in [2.45, 2.75) is 76.7 Å². The maximum absolute atomic E-state index is 15.6. The topological polar surface area (TPSA) is 76.4 Å². The summed E-state index contributed by atoms with van der Waals surface area (Å²) in [5.74, 6) is -0.438. The van der Waals surface area contributed by atoms with Crippen LogP contribution in [0.15, 0.2) is 60.8 Å². The Balaban J connectivity index is 1.52. The highest BCUT2D eigenvalue weighted by molar-refractivity contribution is 5.99. The van der Waals surface area contributed by atoms with E-state index in [4.69, 9.17) is 4.74 Å². The Morgan fingerprint density at radius 2 is 2.00 bits per heavy atom. The van der Waals surface area contributed by atoms with Crippen LogP contribution in [-0.2, 0) is 13.2 Å². The van der Waals surface area contributed by atoms with Gasteiger partial charge < -0.3 is 19.7 Å². The van der Waals surface area contributed by atoms with Crippen LogP contribution in [0.5, 0.6) is 5.75 Å². The number of alkyl halides is 1. The number of aromatic carboxylic acids is 1. The van der Waals surface area contributed by atoms with Crippen LogP contribution in [0.2, 0.25) is 0 Å². The molecule has 0 amide bonds. The van der Waals surface area contributed by atoms with Crippen LogP contribution < -0.4 is 10.1 Å². The number of pyridine rings is 1. The minimum atomic E-state index is -0.955. The van der Waals surface area contributed by atoms with E-state index in [1.54, 1.807) is 18.3 Å². The first kappa shape index (κ1) is 25.4. The molecule has 3 heterocycles. The molecular weight excluding hydrogens is 493 g/mol. The zero-order valence-electron chi connectivity index (χ0n) is 22.2. The van der Waals surface area contributed by atoms with E-state index in [1.807, 2.05) is 36.4 Å². The third kappa shape index (κ3) is 4.86. The lowest BCUT2D eigenvalue weighted by Crippen LogP contribution is -2.24. The van der Waals surface area contributed by atoms with E-state index in [2.05, 4.69) is 27.9 Å². The van der Waals surface area contributed by atoms with Gasteiger partial charge in [-0.15, -0.1) is 0 Å². The van der Waals surface area contributed by atoms with Crippen LogP contribution in [0.3, 0.4) is 0 Å². The molecule has 3 atom stereocenters. The van der Waals surface area contributed by atoms with Crippen LogP contribution in [0.1, 0.15) is 73.0 Å². The molecule has 0 saturated heterocycles. The minimum absolute atomic E-state index is 0.220. The van der Waals surface area contributed by atoms with Gasteiger partial charge in [-0.2, -0.15) is 0 Å². The number of anilines is 1.